The van der Waals surface area contributed by atoms with E-state index in [0.29, 0.717) is 10.6 Å². The topological polar surface area (TPSA) is 66.4 Å². The van der Waals surface area contributed by atoms with Crippen LogP contribution in [0.25, 0.3) is 10.4 Å². The van der Waals surface area contributed by atoms with Gasteiger partial charge in [-0.25, -0.2) is 4.79 Å². The maximum absolute atomic E-state index is 12.5. The third kappa shape index (κ3) is 3.36. The normalized spacial score (nSPS) is 15.2. The fourth-order valence-corrected chi connectivity index (χ4v) is 4.51. The Kier molecular flexibility index (Phi) is 5.00. The average molecular weight is 343 g/mol. The molecule has 0 bridgehead atoms. The fourth-order valence-electron chi connectivity index (χ4n) is 3.30. The minimum Gasteiger partial charge on any atom is -0.478 e. The zero-order valence-electron chi connectivity index (χ0n) is 13.7. The first-order chi connectivity index (χ1) is 11.6. The third-order valence-corrected chi connectivity index (χ3v) is 5.87. The number of rotatable bonds is 4. The molecule has 3 rings (SSSR count). The van der Waals surface area contributed by atoms with E-state index in [-0.39, 0.29) is 17.4 Å². The molecule has 2 aromatic rings. The number of nitrogens with one attached hydrogen (secondary N) is 1. The van der Waals surface area contributed by atoms with Crippen LogP contribution in [0.4, 0.5) is 5.00 Å². The first-order valence-electron chi connectivity index (χ1n) is 8.31. The molecule has 1 fully saturated rings. The molecule has 0 spiro atoms. The number of carbonyl (C=O) groups is 2. The van der Waals surface area contributed by atoms with Crippen LogP contribution in [-0.2, 0) is 4.79 Å². The Morgan fingerprint density at radius 3 is 2.42 bits per heavy atom. The van der Waals surface area contributed by atoms with Gasteiger partial charge in [0.05, 0.1) is 5.56 Å². The molecule has 0 saturated heterocycles. The molecule has 1 aliphatic carbocycles. The van der Waals surface area contributed by atoms with Crippen molar-refractivity contribution in [1.29, 1.82) is 0 Å². The summed E-state index contributed by atoms with van der Waals surface area (Å²) in [6, 6.07) is 9.69. The molecule has 1 amide bonds. The number of hydrogen-bond donors (Lipinski definition) is 2. The quantitative estimate of drug-likeness (QED) is 0.826. The van der Waals surface area contributed by atoms with E-state index in [0.717, 1.165) is 36.1 Å². The van der Waals surface area contributed by atoms with E-state index in [1.165, 1.54) is 17.8 Å². The first-order valence-corrected chi connectivity index (χ1v) is 9.12. The van der Waals surface area contributed by atoms with Gasteiger partial charge >= 0.3 is 5.97 Å². The van der Waals surface area contributed by atoms with Crippen LogP contribution in [-0.4, -0.2) is 17.0 Å². The van der Waals surface area contributed by atoms with Gasteiger partial charge < -0.3 is 10.4 Å². The summed E-state index contributed by atoms with van der Waals surface area (Å²) < 4.78 is 0. The van der Waals surface area contributed by atoms with Crippen LogP contribution >= 0.6 is 11.3 Å². The Balaban J connectivity index is 1.92. The summed E-state index contributed by atoms with van der Waals surface area (Å²) in [4.78, 5) is 25.1. The van der Waals surface area contributed by atoms with Gasteiger partial charge in [-0.2, -0.15) is 0 Å². The number of thiophene rings is 1. The number of carbonyl (C=O) groups excluding carboxylic acids is 1. The van der Waals surface area contributed by atoms with Gasteiger partial charge in [0.2, 0.25) is 5.91 Å². The van der Waals surface area contributed by atoms with E-state index in [1.807, 2.05) is 30.3 Å². The highest BCUT2D eigenvalue weighted by molar-refractivity contribution is 7.20. The van der Waals surface area contributed by atoms with Gasteiger partial charge in [-0.15, -0.1) is 11.3 Å². The summed E-state index contributed by atoms with van der Waals surface area (Å²) in [5.41, 5.74) is 1.89. The van der Waals surface area contributed by atoms with E-state index >= 15 is 0 Å². The molecule has 0 aliphatic heterocycles. The van der Waals surface area contributed by atoms with Crippen molar-refractivity contribution in [3.05, 3.63) is 41.5 Å². The molecular formula is C19H21NO3S. The Morgan fingerprint density at radius 1 is 1.12 bits per heavy atom. The summed E-state index contributed by atoms with van der Waals surface area (Å²) in [7, 11) is 0. The molecule has 4 nitrogen and oxygen atoms in total. The zero-order chi connectivity index (χ0) is 17.1. The van der Waals surface area contributed by atoms with Crippen molar-refractivity contribution >= 4 is 28.2 Å². The molecule has 1 aromatic carbocycles. The maximum Gasteiger partial charge on any atom is 0.339 e. The molecule has 1 aliphatic rings. The molecule has 24 heavy (non-hydrogen) atoms. The van der Waals surface area contributed by atoms with E-state index < -0.39 is 5.97 Å². The van der Waals surface area contributed by atoms with Crippen LogP contribution in [0.1, 0.15) is 48.0 Å². The molecule has 1 aromatic heterocycles. The molecule has 0 unspecified atom stereocenters. The van der Waals surface area contributed by atoms with Crippen LogP contribution in [0.15, 0.2) is 30.3 Å². The van der Waals surface area contributed by atoms with Crippen molar-refractivity contribution in [3.8, 4) is 10.4 Å². The SMILES string of the molecule is Cc1c(-c2ccccc2)sc(NC(=O)C2CCCCC2)c1C(=O)O. The van der Waals surface area contributed by atoms with E-state index in [2.05, 4.69) is 5.32 Å². The Bertz CT molecular complexity index is 745. The van der Waals surface area contributed by atoms with Crippen LogP contribution < -0.4 is 5.32 Å². The number of hydrogen-bond acceptors (Lipinski definition) is 3. The van der Waals surface area contributed by atoms with Crippen LogP contribution in [0.5, 0.6) is 0 Å². The van der Waals surface area contributed by atoms with Crippen molar-refractivity contribution in [2.45, 2.75) is 39.0 Å². The van der Waals surface area contributed by atoms with Gasteiger partial charge in [0.25, 0.3) is 0 Å². The van der Waals surface area contributed by atoms with Gasteiger partial charge in [0.15, 0.2) is 0 Å². The lowest BCUT2D eigenvalue weighted by Gasteiger charge is -2.20. The second-order valence-corrected chi connectivity index (χ2v) is 7.28. The number of benzene rings is 1. The molecule has 126 valence electrons. The molecular weight excluding hydrogens is 322 g/mol. The molecule has 5 heteroatoms. The molecule has 0 atom stereocenters. The zero-order valence-corrected chi connectivity index (χ0v) is 14.5. The van der Waals surface area contributed by atoms with Crippen molar-refractivity contribution in [2.24, 2.45) is 5.92 Å². The second-order valence-electron chi connectivity index (χ2n) is 6.26. The Hall–Kier alpha value is -2.14. The van der Waals surface area contributed by atoms with Crippen molar-refractivity contribution < 1.29 is 14.7 Å². The number of carboxylic acids is 1. The highest BCUT2D eigenvalue weighted by Gasteiger charge is 2.26. The fraction of sp³-hybridized carbons (Fsp3) is 0.368. The lowest BCUT2D eigenvalue weighted by Crippen LogP contribution is -2.25. The lowest BCUT2D eigenvalue weighted by molar-refractivity contribution is -0.120. The monoisotopic (exact) mass is 343 g/mol. The maximum atomic E-state index is 12.5. The number of amides is 1. The summed E-state index contributed by atoms with van der Waals surface area (Å²) in [5, 5.41) is 12.9. The third-order valence-electron chi connectivity index (χ3n) is 4.61. The summed E-state index contributed by atoms with van der Waals surface area (Å²) in [5.74, 6) is -1.04. The van der Waals surface area contributed by atoms with E-state index in [4.69, 9.17) is 0 Å². The first kappa shape index (κ1) is 16.7. The highest BCUT2D eigenvalue weighted by Crippen LogP contribution is 2.40. The van der Waals surface area contributed by atoms with Crippen LogP contribution in [0.3, 0.4) is 0 Å². The van der Waals surface area contributed by atoms with Crippen LogP contribution in [0, 0.1) is 12.8 Å². The van der Waals surface area contributed by atoms with Gasteiger partial charge in [-0.1, -0.05) is 49.6 Å². The Morgan fingerprint density at radius 2 is 1.79 bits per heavy atom. The largest absolute Gasteiger partial charge is 0.478 e. The smallest absolute Gasteiger partial charge is 0.339 e. The van der Waals surface area contributed by atoms with Crippen molar-refractivity contribution in [2.75, 3.05) is 5.32 Å². The second kappa shape index (κ2) is 7.18. The van der Waals surface area contributed by atoms with E-state index in [9.17, 15) is 14.7 Å². The number of aromatic carboxylic acids is 1. The predicted octanol–water partition coefficient (Wildman–Crippen LogP) is 4.94. The Labute approximate surface area is 145 Å². The summed E-state index contributed by atoms with van der Waals surface area (Å²) in [6.45, 7) is 1.80. The van der Waals surface area contributed by atoms with Gasteiger partial charge in [0, 0.05) is 10.8 Å². The van der Waals surface area contributed by atoms with Crippen LogP contribution in [0.2, 0.25) is 0 Å². The van der Waals surface area contributed by atoms with Crippen molar-refractivity contribution in [1.82, 2.24) is 0 Å². The standard InChI is InChI=1S/C19H21NO3S/c1-12-15(19(22)23)18(20-17(21)14-10-6-3-7-11-14)24-16(12)13-8-4-2-5-9-13/h2,4-5,8-9,14H,3,6-7,10-11H2,1H3,(H,20,21)(H,22,23). The summed E-state index contributed by atoms with van der Waals surface area (Å²) in [6.07, 6.45) is 5.11. The number of carboxylic acid groups (broad SMARTS) is 1. The van der Waals surface area contributed by atoms with Gasteiger partial charge in [-0.3, -0.25) is 4.79 Å². The van der Waals surface area contributed by atoms with Gasteiger partial charge in [0.1, 0.15) is 5.00 Å². The van der Waals surface area contributed by atoms with E-state index in [1.54, 1.807) is 6.92 Å². The minimum atomic E-state index is -0.995. The highest BCUT2D eigenvalue weighted by atomic mass is 32.1. The molecule has 2 N–H and O–H groups in total. The summed E-state index contributed by atoms with van der Waals surface area (Å²) >= 11 is 1.35. The predicted molar refractivity (Wildman–Crippen MR) is 96.7 cm³/mol. The lowest BCUT2D eigenvalue weighted by atomic mass is 9.89. The molecule has 1 heterocycles. The molecule has 1 saturated carbocycles. The minimum absolute atomic E-state index is 0.00276. The molecule has 0 radical (unpaired) electrons. The van der Waals surface area contributed by atoms with Gasteiger partial charge in [-0.05, 0) is 30.9 Å². The van der Waals surface area contributed by atoms with Crippen molar-refractivity contribution in [3.63, 3.8) is 0 Å². The average Bonchev–Trinajstić information content (AvgIpc) is 2.92. The number of anilines is 1.